The molecule has 0 radical (unpaired) electrons. The normalized spacial score (nSPS) is 10.0. The number of rotatable bonds is 2. The maximum absolute atomic E-state index is 13.5. The molecule has 1 aromatic carbocycles. The number of hydrogen-bond acceptors (Lipinski definition) is 2. The predicted octanol–water partition coefficient (Wildman–Crippen LogP) is 2.94. The molecule has 0 unspecified atom stereocenters. The first kappa shape index (κ1) is 11.2. The molecule has 76 valence electrons. The molecule has 0 saturated carbocycles. The molecule has 2 nitrogen and oxygen atoms in total. The highest BCUT2D eigenvalue weighted by Gasteiger charge is 2.18. The van der Waals surface area contributed by atoms with Crippen molar-refractivity contribution >= 4 is 21.9 Å². The average molecular weight is 261 g/mol. The average Bonchev–Trinajstić information content (AvgIpc) is 2.20. The van der Waals surface area contributed by atoms with E-state index in [1.165, 1.54) is 7.11 Å². The fourth-order valence-electron chi connectivity index (χ4n) is 1.21. The Labute approximate surface area is 90.2 Å². The minimum Gasteiger partial charge on any atom is -0.465 e. The number of carbonyl (C=O) groups excluding carboxylic acids is 1. The molecular formula is C10H10BrFO2. The first-order valence-corrected chi connectivity index (χ1v) is 4.96. The van der Waals surface area contributed by atoms with Gasteiger partial charge in [-0.05, 0) is 34.0 Å². The van der Waals surface area contributed by atoms with Crippen molar-refractivity contribution in [2.75, 3.05) is 7.11 Å². The molecule has 0 aliphatic heterocycles. The van der Waals surface area contributed by atoms with Crippen molar-refractivity contribution in [2.24, 2.45) is 0 Å². The molecule has 0 aliphatic rings. The fourth-order valence-corrected chi connectivity index (χ4v) is 1.54. The first-order chi connectivity index (χ1) is 6.61. The third-order valence-electron chi connectivity index (χ3n) is 1.95. The molecule has 0 fully saturated rings. The van der Waals surface area contributed by atoms with Crippen LogP contribution in [0.4, 0.5) is 4.39 Å². The molecule has 0 atom stereocenters. The lowest BCUT2D eigenvalue weighted by Crippen LogP contribution is -2.08. The van der Waals surface area contributed by atoms with Crippen LogP contribution in [0.25, 0.3) is 0 Å². The number of halogens is 2. The van der Waals surface area contributed by atoms with Crippen LogP contribution in [0.15, 0.2) is 16.6 Å². The smallest absolute Gasteiger partial charge is 0.341 e. The van der Waals surface area contributed by atoms with Gasteiger partial charge >= 0.3 is 5.97 Å². The highest BCUT2D eigenvalue weighted by atomic mass is 79.9. The van der Waals surface area contributed by atoms with Crippen molar-refractivity contribution in [2.45, 2.75) is 13.3 Å². The van der Waals surface area contributed by atoms with Gasteiger partial charge in [-0.3, -0.25) is 0 Å². The Morgan fingerprint density at radius 2 is 2.21 bits per heavy atom. The van der Waals surface area contributed by atoms with Gasteiger partial charge in [-0.1, -0.05) is 13.0 Å². The lowest BCUT2D eigenvalue weighted by atomic mass is 10.1. The van der Waals surface area contributed by atoms with Crippen LogP contribution >= 0.6 is 15.9 Å². The van der Waals surface area contributed by atoms with Gasteiger partial charge in [0.2, 0.25) is 0 Å². The van der Waals surface area contributed by atoms with Gasteiger partial charge in [-0.2, -0.15) is 0 Å². The van der Waals surface area contributed by atoms with E-state index in [1.54, 1.807) is 12.1 Å². The number of benzene rings is 1. The standard InChI is InChI=1S/C10H10BrFO2/c1-3-6-4-5-7(11)9(12)8(6)10(13)14-2/h4-5H,3H2,1-2H3. The molecule has 0 spiro atoms. The van der Waals surface area contributed by atoms with E-state index < -0.39 is 11.8 Å². The Kier molecular flexibility index (Phi) is 3.63. The Balaban J connectivity index is 3.35. The van der Waals surface area contributed by atoms with E-state index in [-0.39, 0.29) is 10.0 Å². The van der Waals surface area contributed by atoms with E-state index >= 15 is 0 Å². The Morgan fingerprint density at radius 1 is 1.57 bits per heavy atom. The van der Waals surface area contributed by atoms with Gasteiger partial charge in [-0.25, -0.2) is 9.18 Å². The minimum atomic E-state index is -0.638. The van der Waals surface area contributed by atoms with Crippen LogP contribution in [0.2, 0.25) is 0 Å². The summed E-state index contributed by atoms with van der Waals surface area (Å²) >= 11 is 3.02. The van der Waals surface area contributed by atoms with Crippen molar-refractivity contribution in [3.05, 3.63) is 33.5 Å². The summed E-state index contributed by atoms with van der Waals surface area (Å²) in [5.41, 5.74) is 0.668. The molecule has 0 aromatic heterocycles. The summed E-state index contributed by atoms with van der Waals surface area (Å²) in [6.07, 6.45) is 0.592. The van der Waals surface area contributed by atoms with Gasteiger partial charge < -0.3 is 4.74 Å². The monoisotopic (exact) mass is 260 g/mol. The summed E-state index contributed by atoms with van der Waals surface area (Å²) in [6.45, 7) is 1.86. The van der Waals surface area contributed by atoms with E-state index in [0.717, 1.165) is 0 Å². The zero-order chi connectivity index (χ0) is 10.7. The van der Waals surface area contributed by atoms with Gasteiger partial charge in [0.15, 0.2) is 5.82 Å². The van der Waals surface area contributed by atoms with Gasteiger partial charge in [0.1, 0.15) is 0 Å². The highest BCUT2D eigenvalue weighted by Crippen LogP contribution is 2.23. The summed E-state index contributed by atoms with van der Waals surface area (Å²) in [6, 6.07) is 3.29. The number of carbonyl (C=O) groups is 1. The molecule has 0 amide bonds. The number of hydrogen-bond donors (Lipinski definition) is 0. The predicted molar refractivity (Wildman–Crippen MR) is 54.8 cm³/mol. The number of ether oxygens (including phenoxy) is 1. The largest absolute Gasteiger partial charge is 0.465 e. The van der Waals surface area contributed by atoms with Crippen LogP contribution in [0, 0.1) is 5.82 Å². The van der Waals surface area contributed by atoms with Gasteiger partial charge in [0.05, 0.1) is 17.1 Å². The summed E-state index contributed by atoms with van der Waals surface area (Å²) in [7, 11) is 1.24. The molecule has 0 heterocycles. The molecule has 1 aromatic rings. The summed E-state index contributed by atoms with van der Waals surface area (Å²) in [4.78, 5) is 11.3. The van der Waals surface area contributed by atoms with Gasteiger partial charge in [0.25, 0.3) is 0 Å². The lowest BCUT2D eigenvalue weighted by Gasteiger charge is -2.07. The maximum Gasteiger partial charge on any atom is 0.341 e. The van der Waals surface area contributed by atoms with Crippen molar-refractivity contribution in [1.29, 1.82) is 0 Å². The molecule has 0 bridgehead atoms. The number of methoxy groups -OCH3 is 1. The Bertz CT molecular complexity index is 363. The molecule has 14 heavy (non-hydrogen) atoms. The van der Waals surface area contributed by atoms with Crippen molar-refractivity contribution in [3.8, 4) is 0 Å². The molecule has 0 aliphatic carbocycles. The van der Waals surface area contributed by atoms with Crippen LogP contribution in [-0.2, 0) is 11.2 Å². The summed E-state index contributed by atoms with van der Waals surface area (Å²) < 4.78 is 18.3. The Morgan fingerprint density at radius 3 is 2.71 bits per heavy atom. The minimum absolute atomic E-state index is 0.0179. The molecular weight excluding hydrogens is 251 g/mol. The number of aryl methyl sites for hydroxylation is 1. The SMILES string of the molecule is CCc1ccc(Br)c(F)c1C(=O)OC. The molecule has 0 saturated heterocycles. The van der Waals surface area contributed by atoms with Gasteiger partial charge in [-0.15, -0.1) is 0 Å². The van der Waals surface area contributed by atoms with E-state index in [1.807, 2.05) is 6.92 Å². The zero-order valence-electron chi connectivity index (χ0n) is 7.93. The van der Waals surface area contributed by atoms with E-state index in [0.29, 0.717) is 12.0 Å². The first-order valence-electron chi connectivity index (χ1n) is 4.17. The fraction of sp³-hybridized carbons (Fsp3) is 0.300. The van der Waals surface area contributed by atoms with Crippen molar-refractivity contribution in [3.63, 3.8) is 0 Å². The highest BCUT2D eigenvalue weighted by molar-refractivity contribution is 9.10. The second kappa shape index (κ2) is 4.55. The summed E-state index contributed by atoms with van der Waals surface area (Å²) in [5, 5.41) is 0. The van der Waals surface area contributed by atoms with E-state index in [9.17, 15) is 9.18 Å². The third kappa shape index (κ3) is 1.95. The number of esters is 1. The quantitative estimate of drug-likeness (QED) is 0.765. The molecule has 1 rings (SSSR count). The van der Waals surface area contributed by atoms with Crippen molar-refractivity contribution in [1.82, 2.24) is 0 Å². The van der Waals surface area contributed by atoms with Crippen LogP contribution in [0.1, 0.15) is 22.8 Å². The van der Waals surface area contributed by atoms with E-state index in [2.05, 4.69) is 20.7 Å². The topological polar surface area (TPSA) is 26.3 Å². The zero-order valence-corrected chi connectivity index (χ0v) is 9.52. The maximum atomic E-state index is 13.5. The van der Waals surface area contributed by atoms with E-state index in [4.69, 9.17) is 0 Å². The van der Waals surface area contributed by atoms with Crippen LogP contribution in [-0.4, -0.2) is 13.1 Å². The lowest BCUT2D eigenvalue weighted by molar-refractivity contribution is 0.0594. The van der Waals surface area contributed by atoms with Crippen LogP contribution in [0.5, 0.6) is 0 Å². The Hall–Kier alpha value is -0.900. The second-order valence-corrected chi connectivity index (χ2v) is 3.59. The van der Waals surface area contributed by atoms with Gasteiger partial charge in [0, 0.05) is 0 Å². The second-order valence-electron chi connectivity index (χ2n) is 2.74. The van der Waals surface area contributed by atoms with Crippen LogP contribution in [0.3, 0.4) is 0 Å². The summed E-state index contributed by atoms with van der Waals surface area (Å²) in [5.74, 6) is -1.20. The molecule has 0 N–H and O–H groups in total. The third-order valence-corrected chi connectivity index (χ3v) is 2.56. The van der Waals surface area contributed by atoms with Crippen molar-refractivity contribution < 1.29 is 13.9 Å². The van der Waals surface area contributed by atoms with Crippen LogP contribution < -0.4 is 0 Å². The molecule has 4 heteroatoms.